The largest absolute Gasteiger partial charge is 0.497 e. The molecule has 0 bridgehead atoms. The molecule has 10 heteroatoms. The van der Waals surface area contributed by atoms with Gasteiger partial charge in [0.05, 0.1) is 46.3 Å². The number of thioether (sulfide) groups is 1. The van der Waals surface area contributed by atoms with E-state index in [0.717, 1.165) is 17.0 Å². The summed E-state index contributed by atoms with van der Waals surface area (Å²) in [6.45, 7) is 0.539. The van der Waals surface area contributed by atoms with E-state index in [0.29, 0.717) is 29.0 Å². The molecule has 2 aromatic carbocycles. The molecule has 0 aliphatic rings. The quantitative estimate of drug-likeness (QED) is 0.458. The van der Waals surface area contributed by atoms with Crippen molar-refractivity contribution in [3.63, 3.8) is 0 Å². The van der Waals surface area contributed by atoms with E-state index in [9.17, 15) is 5.11 Å². The Kier molecular flexibility index (Phi) is 7.89. The third kappa shape index (κ3) is 5.62. The van der Waals surface area contributed by atoms with Crippen molar-refractivity contribution in [3.05, 3.63) is 48.0 Å². The fourth-order valence-electron chi connectivity index (χ4n) is 2.66. The van der Waals surface area contributed by atoms with Crippen LogP contribution in [0.25, 0.3) is 5.69 Å². The Morgan fingerprint density at radius 2 is 1.77 bits per heavy atom. The minimum absolute atomic E-state index is 0.186. The van der Waals surface area contributed by atoms with E-state index in [1.165, 1.54) is 11.8 Å². The average Bonchev–Trinajstić information content (AvgIpc) is 3.26. The monoisotopic (exact) mass is 432 g/mol. The van der Waals surface area contributed by atoms with E-state index < -0.39 is 6.10 Å². The van der Waals surface area contributed by atoms with Gasteiger partial charge >= 0.3 is 0 Å². The number of rotatable bonds is 11. The summed E-state index contributed by atoms with van der Waals surface area (Å²) in [6.07, 6.45) is -0.670. The third-order valence-electron chi connectivity index (χ3n) is 4.19. The molecule has 0 spiro atoms. The number of tetrazole rings is 1. The zero-order valence-corrected chi connectivity index (χ0v) is 17.8. The molecule has 0 radical (unpaired) electrons. The van der Waals surface area contributed by atoms with Crippen LogP contribution in [0.3, 0.4) is 0 Å². The van der Waals surface area contributed by atoms with Crippen molar-refractivity contribution in [3.8, 4) is 22.9 Å². The number of aliphatic hydroxyl groups is 1. The Balaban J connectivity index is 1.48. The summed E-state index contributed by atoms with van der Waals surface area (Å²) in [4.78, 5) is 0. The number of benzene rings is 2. The summed E-state index contributed by atoms with van der Waals surface area (Å²) in [7, 11) is 4.79. The Morgan fingerprint density at radius 3 is 2.47 bits per heavy atom. The molecule has 1 aromatic heterocycles. The zero-order valence-electron chi connectivity index (χ0n) is 17.0. The summed E-state index contributed by atoms with van der Waals surface area (Å²) >= 11 is 1.35. The highest BCUT2D eigenvalue weighted by Crippen LogP contribution is 2.28. The van der Waals surface area contributed by atoms with Crippen LogP contribution in [0.5, 0.6) is 17.2 Å². The summed E-state index contributed by atoms with van der Waals surface area (Å²) in [6, 6.07) is 13.0. The predicted octanol–water partition coefficient (Wildman–Crippen LogP) is 2.36. The van der Waals surface area contributed by atoms with Gasteiger partial charge in [0, 0.05) is 5.75 Å². The standard InChI is InChI=1S/C20H24N4O5S/c1-26-17-7-5-15(6-8-17)24-20(21-22-23-24)30-13-16(25)12-29-11-14-4-9-18(27-2)19(10-14)28-3/h4-10,16,25H,11-13H2,1-3H3. The van der Waals surface area contributed by atoms with Gasteiger partial charge in [-0.15, -0.1) is 5.10 Å². The van der Waals surface area contributed by atoms with Crippen LogP contribution in [0.1, 0.15) is 5.56 Å². The van der Waals surface area contributed by atoms with Crippen LogP contribution >= 0.6 is 11.8 Å². The van der Waals surface area contributed by atoms with Gasteiger partial charge in [-0.25, -0.2) is 0 Å². The van der Waals surface area contributed by atoms with Crippen molar-refractivity contribution < 1.29 is 24.1 Å². The first-order chi connectivity index (χ1) is 14.6. The van der Waals surface area contributed by atoms with E-state index >= 15 is 0 Å². The Labute approximate surface area is 178 Å². The first-order valence-electron chi connectivity index (χ1n) is 9.17. The molecular formula is C20H24N4O5S. The molecule has 0 amide bonds. The summed E-state index contributed by atoms with van der Waals surface area (Å²) in [5.41, 5.74) is 1.73. The maximum Gasteiger partial charge on any atom is 0.214 e. The fraction of sp³-hybridized carbons (Fsp3) is 0.350. The third-order valence-corrected chi connectivity index (χ3v) is 5.25. The van der Waals surface area contributed by atoms with Crippen LogP contribution in [0, 0.1) is 0 Å². The highest BCUT2D eigenvalue weighted by Gasteiger charge is 2.13. The normalized spacial score (nSPS) is 11.9. The molecule has 160 valence electrons. The number of aromatic nitrogens is 4. The van der Waals surface area contributed by atoms with Gasteiger partial charge in [0.15, 0.2) is 11.5 Å². The molecule has 0 aliphatic heterocycles. The summed E-state index contributed by atoms with van der Waals surface area (Å²) in [5.74, 6) is 2.44. The number of nitrogens with zero attached hydrogens (tertiary/aromatic N) is 4. The maximum atomic E-state index is 10.3. The maximum absolute atomic E-state index is 10.3. The zero-order chi connectivity index (χ0) is 21.3. The van der Waals surface area contributed by atoms with Gasteiger partial charge in [0.25, 0.3) is 0 Å². The molecular weight excluding hydrogens is 408 g/mol. The molecule has 1 unspecified atom stereocenters. The lowest BCUT2D eigenvalue weighted by molar-refractivity contribution is 0.0397. The van der Waals surface area contributed by atoms with Gasteiger partial charge < -0.3 is 24.1 Å². The second kappa shape index (κ2) is 10.8. The van der Waals surface area contributed by atoms with Gasteiger partial charge in [-0.3, -0.25) is 0 Å². The van der Waals surface area contributed by atoms with Gasteiger partial charge in [0.1, 0.15) is 5.75 Å². The number of aliphatic hydroxyl groups excluding tert-OH is 1. The van der Waals surface area contributed by atoms with Crippen molar-refractivity contribution in [2.75, 3.05) is 33.7 Å². The van der Waals surface area contributed by atoms with E-state index in [4.69, 9.17) is 18.9 Å². The van der Waals surface area contributed by atoms with Crippen LogP contribution in [-0.4, -0.2) is 65.1 Å². The molecule has 0 saturated carbocycles. The Bertz CT molecular complexity index is 935. The van der Waals surface area contributed by atoms with Crippen LogP contribution in [-0.2, 0) is 11.3 Å². The lowest BCUT2D eigenvalue weighted by Crippen LogP contribution is -2.18. The fourth-order valence-corrected chi connectivity index (χ4v) is 3.45. The van der Waals surface area contributed by atoms with E-state index in [1.807, 2.05) is 42.5 Å². The van der Waals surface area contributed by atoms with E-state index in [-0.39, 0.29) is 6.61 Å². The lowest BCUT2D eigenvalue weighted by atomic mass is 10.2. The number of hydrogen-bond acceptors (Lipinski definition) is 9. The molecule has 1 atom stereocenters. The van der Waals surface area contributed by atoms with E-state index in [2.05, 4.69) is 15.5 Å². The van der Waals surface area contributed by atoms with Crippen molar-refractivity contribution in [1.82, 2.24) is 20.2 Å². The molecule has 1 N–H and O–H groups in total. The van der Waals surface area contributed by atoms with Crippen molar-refractivity contribution in [2.24, 2.45) is 0 Å². The van der Waals surface area contributed by atoms with Crippen molar-refractivity contribution in [1.29, 1.82) is 0 Å². The smallest absolute Gasteiger partial charge is 0.214 e. The second-order valence-corrected chi connectivity index (χ2v) is 7.23. The van der Waals surface area contributed by atoms with Gasteiger partial charge in [-0.1, -0.05) is 17.8 Å². The first kappa shape index (κ1) is 21.9. The van der Waals surface area contributed by atoms with Crippen molar-refractivity contribution in [2.45, 2.75) is 17.9 Å². The molecule has 3 rings (SSSR count). The molecule has 9 nitrogen and oxygen atoms in total. The molecule has 1 heterocycles. The van der Waals surface area contributed by atoms with Crippen LogP contribution in [0.15, 0.2) is 47.6 Å². The Hall–Kier alpha value is -2.82. The van der Waals surface area contributed by atoms with Crippen LogP contribution < -0.4 is 14.2 Å². The predicted molar refractivity (Wildman–Crippen MR) is 112 cm³/mol. The van der Waals surface area contributed by atoms with Gasteiger partial charge in [-0.2, -0.15) is 4.68 Å². The second-order valence-electron chi connectivity index (χ2n) is 6.24. The topological polar surface area (TPSA) is 101 Å². The summed E-state index contributed by atoms with van der Waals surface area (Å²) < 4.78 is 22.9. The SMILES string of the molecule is COc1ccc(-n2nnnc2SCC(O)COCc2ccc(OC)c(OC)c2)cc1. The van der Waals surface area contributed by atoms with Crippen LogP contribution in [0.4, 0.5) is 0 Å². The van der Waals surface area contributed by atoms with Crippen LogP contribution in [0.2, 0.25) is 0 Å². The molecule has 0 fully saturated rings. The number of ether oxygens (including phenoxy) is 4. The van der Waals surface area contributed by atoms with Gasteiger partial charge in [-0.05, 0) is 52.4 Å². The Morgan fingerprint density at radius 1 is 1.00 bits per heavy atom. The highest BCUT2D eigenvalue weighted by atomic mass is 32.2. The lowest BCUT2D eigenvalue weighted by Gasteiger charge is -2.12. The van der Waals surface area contributed by atoms with Crippen molar-refractivity contribution >= 4 is 11.8 Å². The van der Waals surface area contributed by atoms with E-state index in [1.54, 1.807) is 26.0 Å². The molecule has 0 saturated heterocycles. The minimum Gasteiger partial charge on any atom is -0.497 e. The minimum atomic E-state index is -0.670. The molecule has 30 heavy (non-hydrogen) atoms. The summed E-state index contributed by atoms with van der Waals surface area (Å²) in [5, 5.41) is 22.6. The molecule has 3 aromatic rings. The highest BCUT2D eigenvalue weighted by molar-refractivity contribution is 7.99. The number of hydrogen-bond donors (Lipinski definition) is 1. The molecule has 0 aliphatic carbocycles. The number of methoxy groups -OCH3 is 3. The first-order valence-corrected chi connectivity index (χ1v) is 10.2. The average molecular weight is 433 g/mol. The van der Waals surface area contributed by atoms with Gasteiger partial charge in [0.2, 0.25) is 5.16 Å².